The van der Waals surface area contributed by atoms with Gasteiger partial charge < -0.3 is 35.1 Å². The lowest BCUT2D eigenvalue weighted by Gasteiger charge is -2.16. The highest BCUT2D eigenvalue weighted by atomic mass is 32.2. The predicted molar refractivity (Wildman–Crippen MR) is 161 cm³/mol. The fourth-order valence-corrected chi connectivity index (χ4v) is 6.25. The molecule has 0 spiro atoms. The van der Waals surface area contributed by atoms with Crippen LogP contribution in [0.2, 0.25) is 0 Å². The molecule has 0 bridgehead atoms. The highest BCUT2D eigenvalue weighted by Gasteiger charge is 2.42. The number of carbonyl (C=O) groups excluding carboxylic acids is 3. The summed E-state index contributed by atoms with van der Waals surface area (Å²) in [6.45, 7) is 0. The molecule has 3 atom stereocenters. The van der Waals surface area contributed by atoms with E-state index in [0.717, 1.165) is 24.7 Å². The molecule has 2 fully saturated rings. The highest BCUT2D eigenvalue weighted by molar-refractivity contribution is 8.00. The van der Waals surface area contributed by atoms with Gasteiger partial charge in [0.25, 0.3) is 0 Å². The number of esters is 1. The van der Waals surface area contributed by atoms with Crippen LogP contribution in [-0.4, -0.2) is 65.3 Å². The monoisotopic (exact) mass is 594 g/mol. The Kier molecular flexibility index (Phi) is 10.6. The number of hydrogen-bond donors (Lipinski definition) is 4. The maximum absolute atomic E-state index is 12.4. The van der Waals surface area contributed by atoms with Crippen molar-refractivity contribution in [1.82, 2.24) is 10.6 Å². The Labute approximate surface area is 248 Å². The van der Waals surface area contributed by atoms with Crippen LogP contribution in [0.3, 0.4) is 0 Å². The molecule has 11 heteroatoms. The molecule has 42 heavy (non-hydrogen) atoms. The molecule has 2 heterocycles. The Bertz CT molecular complexity index is 1400. The summed E-state index contributed by atoms with van der Waals surface area (Å²) in [7, 11) is 2.90. The molecule has 0 saturated carbocycles. The van der Waals surface area contributed by atoms with Crippen LogP contribution in [0.1, 0.15) is 36.8 Å². The second kappa shape index (κ2) is 14.5. The Morgan fingerprint density at radius 1 is 0.976 bits per heavy atom. The molecule has 10 nitrogen and oxygen atoms in total. The summed E-state index contributed by atoms with van der Waals surface area (Å²) >= 11 is 1.85. The van der Waals surface area contributed by atoms with Gasteiger partial charge in [0.05, 0.1) is 26.3 Å². The molecule has 0 aromatic heterocycles. The van der Waals surface area contributed by atoms with Gasteiger partial charge in [0, 0.05) is 23.5 Å². The smallest absolute Gasteiger partial charge is 0.315 e. The SMILES string of the molecule is COc1cc(/C=C/C(=O)/C=C(O)/C=C/c2ccc(OC(=O)CCCC[C@@H]3SC[C@@H]4NC(=O)N[C@@H]43)c(OC)c2)ccc1O. The first-order valence-corrected chi connectivity index (χ1v) is 14.6. The van der Waals surface area contributed by atoms with Crippen molar-refractivity contribution in [2.75, 3.05) is 20.0 Å². The number of ether oxygens (including phenoxy) is 3. The van der Waals surface area contributed by atoms with E-state index in [-0.39, 0.29) is 47.8 Å². The number of ketones is 1. The number of rotatable bonds is 13. The van der Waals surface area contributed by atoms with E-state index in [0.29, 0.717) is 34.3 Å². The molecule has 2 saturated heterocycles. The molecule has 222 valence electrons. The average molecular weight is 595 g/mol. The number of thioether (sulfide) groups is 1. The van der Waals surface area contributed by atoms with Crippen LogP contribution in [0.5, 0.6) is 23.0 Å². The molecule has 4 rings (SSSR count). The summed E-state index contributed by atoms with van der Waals surface area (Å²) in [6, 6.07) is 9.88. The molecular weight excluding hydrogens is 560 g/mol. The minimum absolute atomic E-state index is 0.00491. The number of phenols is 1. The maximum atomic E-state index is 12.4. The van der Waals surface area contributed by atoms with Crippen LogP contribution < -0.4 is 24.8 Å². The number of aliphatic hydroxyl groups excluding tert-OH is 1. The van der Waals surface area contributed by atoms with Gasteiger partial charge in [0.1, 0.15) is 5.76 Å². The number of hydrogen-bond acceptors (Lipinski definition) is 9. The summed E-state index contributed by atoms with van der Waals surface area (Å²) in [5, 5.41) is 26.1. The maximum Gasteiger partial charge on any atom is 0.315 e. The number of aliphatic hydroxyl groups is 1. The molecule has 0 radical (unpaired) electrons. The Morgan fingerprint density at radius 3 is 2.45 bits per heavy atom. The molecule has 0 aliphatic carbocycles. The van der Waals surface area contributed by atoms with Crippen molar-refractivity contribution in [2.45, 2.75) is 43.0 Å². The van der Waals surface area contributed by atoms with Crippen LogP contribution in [-0.2, 0) is 9.59 Å². The summed E-state index contributed by atoms with van der Waals surface area (Å²) in [4.78, 5) is 36.2. The van der Waals surface area contributed by atoms with E-state index >= 15 is 0 Å². The Hall–Kier alpha value is -4.38. The number of aromatic hydroxyl groups is 1. The fourth-order valence-electron chi connectivity index (χ4n) is 4.70. The number of carbonyl (C=O) groups is 3. The number of unbranched alkanes of at least 4 members (excludes halogenated alkanes) is 1. The topological polar surface area (TPSA) is 143 Å². The minimum atomic E-state index is -0.433. The third kappa shape index (κ3) is 8.32. The van der Waals surface area contributed by atoms with Gasteiger partial charge in [-0.05, 0) is 60.4 Å². The van der Waals surface area contributed by atoms with Crippen LogP contribution in [0.4, 0.5) is 4.79 Å². The number of nitrogens with one attached hydrogen (secondary N) is 2. The van der Waals surface area contributed by atoms with Gasteiger partial charge in [0.15, 0.2) is 28.8 Å². The van der Waals surface area contributed by atoms with Crippen LogP contribution in [0, 0.1) is 0 Å². The van der Waals surface area contributed by atoms with Gasteiger partial charge in [-0.25, -0.2) is 4.79 Å². The van der Waals surface area contributed by atoms with E-state index < -0.39 is 5.78 Å². The molecule has 0 unspecified atom stereocenters. The van der Waals surface area contributed by atoms with Crippen molar-refractivity contribution in [3.05, 3.63) is 71.5 Å². The largest absolute Gasteiger partial charge is 0.508 e. The zero-order chi connectivity index (χ0) is 30.1. The lowest BCUT2D eigenvalue weighted by atomic mass is 10.0. The predicted octanol–water partition coefficient (Wildman–Crippen LogP) is 4.78. The van der Waals surface area contributed by atoms with Gasteiger partial charge in [-0.1, -0.05) is 30.7 Å². The lowest BCUT2D eigenvalue weighted by Crippen LogP contribution is -2.36. The van der Waals surface area contributed by atoms with E-state index in [2.05, 4.69) is 10.6 Å². The van der Waals surface area contributed by atoms with Gasteiger partial charge >= 0.3 is 12.0 Å². The van der Waals surface area contributed by atoms with Crippen molar-refractivity contribution in [1.29, 1.82) is 0 Å². The van der Waals surface area contributed by atoms with E-state index in [1.807, 2.05) is 11.8 Å². The molecule has 4 N–H and O–H groups in total. The van der Waals surface area contributed by atoms with Crippen LogP contribution in [0.15, 0.2) is 60.4 Å². The molecule has 2 aromatic rings. The van der Waals surface area contributed by atoms with E-state index in [1.165, 1.54) is 32.4 Å². The Morgan fingerprint density at radius 2 is 1.69 bits per heavy atom. The number of allylic oxidation sites excluding steroid dienone is 3. The zero-order valence-corrected chi connectivity index (χ0v) is 24.2. The third-order valence-electron chi connectivity index (χ3n) is 6.85. The van der Waals surface area contributed by atoms with Crippen LogP contribution >= 0.6 is 11.8 Å². The summed E-state index contributed by atoms with van der Waals surface area (Å²) in [6.07, 6.45) is 9.59. The Balaban J connectivity index is 1.24. The standard InChI is InChI=1S/C31H34N2O8S/c1-39-26-15-19(9-13-24(26)36)7-11-21(34)17-22(35)12-8-20-10-14-25(27(16-20)40-2)41-29(37)6-4-3-5-28-30-23(18-42-28)32-31(38)33-30/h7-17,23,28,30,35-36H,3-6,18H2,1-2H3,(H2,32,33,38)/b11-7+,12-8+,22-17-/t23-,28-,30-/m0/s1. The number of benzene rings is 2. The summed E-state index contributed by atoms with van der Waals surface area (Å²) in [5.74, 6) is 0.795. The van der Waals surface area contributed by atoms with E-state index in [1.54, 1.807) is 42.5 Å². The number of urea groups is 1. The second-order valence-corrected chi connectivity index (χ2v) is 11.1. The van der Waals surface area contributed by atoms with Gasteiger partial charge in [0.2, 0.25) is 0 Å². The first-order valence-electron chi connectivity index (χ1n) is 13.5. The van der Waals surface area contributed by atoms with Crippen molar-refractivity contribution in [3.8, 4) is 23.0 Å². The number of amides is 2. The van der Waals surface area contributed by atoms with Crippen molar-refractivity contribution < 1.29 is 38.8 Å². The molecule has 2 amide bonds. The lowest BCUT2D eigenvalue weighted by molar-refractivity contribution is -0.134. The van der Waals surface area contributed by atoms with Crippen LogP contribution in [0.25, 0.3) is 12.2 Å². The van der Waals surface area contributed by atoms with Gasteiger partial charge in [-0.15, -0.1) is 0 Å². The quantitative estimate of drug-likeness (QED) is 0.0490. The highest BCUT2D eigenvalue weighted by Crippen LogP contribution is 2.33. The van der Waals surface area contributed by atoms with Crippen molar-refractivity contribution in [3.63, 3.8) is 0 Å². The molecule has 2 aliphatic rings. The van der Waals surface area contributed by atoms with Crippen molar-refractivity contribution in [2.24, 2.45) is 0 Å². The first-order chi connectivity index (χ1) is 20.2. The van der Waals surface area contributed by atoms with Gasteiger partial charge in [-0.3, -0.25) is 9.59 Å². The molecule has 2 aromatic carbocycles. The average Bonchev–Trinajstić information content (AvgIpc) is 3.53. The second-order valence-electron chi connectivity index (χ2n) is 9.82. The zero-order valence-electron chi connectivity index (χ0n) is 23.4. The molecular formula is C31H34N2O8S. The fraction of sp³-hybridized carbons (Fsp3) is 0.323. The normalized spacial score (nSPS) is 19.9. The minimum Gasteiger partial charge on any atom is -0.508 e. The molecule has 2 aliphatic heterocycles. The number of phenolic OH excluding ortho intramolecular Hbond substituents is 1. The third-order valence-corrected chi connectivity index (χ3v) is 8.36. The summed E-state index contributed by atoms with van der Waals surface area (Å²) < 4.78 is 15.9. The van der Waals surface area contributed by atoms with Gasteiger partial charge in [-0.2, -0.15) is 11.8 Å². The summed E-state index contributed by atoms with van der Waals surface area (Å²) in [5.41, 5.74) is 1.31. The first kappa shape index (κ1) is 30.6. The van der Waals surface area contributed by atoms with E-state index in [9.17, 15) is 24.6 Å². The van der Waals surface area contributed by atoms with Crippen molar-refractivity contribution >= 4 is 41.7 Å². The number of fused-ring (bicyclic) bond motifs is 1. The van der Waals surface area contributed by atoms with E-state index in [4.69, 9.17) is 14.2 Å². The number of methoxy groups -OCH3 is 2.